The summed E-state index contributed by atoms with van der Waals surface area (Å²) < 4.78 is 0. The zero-order valence-corrected chi connectivity index (χ0v) is 15.2. The van der Waals surface area contributed by atoms with Gasteiger partial charge in [0.25, 0.3) is 0 Å². The third-order valence-corrected chi connectivity index (χ3v) is 4.77. The molecular weight excluding hydrogens is 316 g/mol. The van der Waals surface area contributed by atoms with Crippen molar-refractivity contribution in [3.05, 3.63) is 35.9 Å². The second kappa shape index (κ2) is 9.56. The Kier molecular flexibility index (Phi) is 7.44. The molecule has 1 aromatic rings. The molecule has 0 bridgehead atoms. The molecule has 1 aliphatic carbocycles. The van der Waals surface area contributed by atoms with Crippen LogP contribution in [0.4, 0.5) is 0 Å². The number of carbonyl (C=O) groups excluding carboxylic acids is 2. The molecule has 0 aromatic heterocycles. The second-order valence-corrected chi connectivity index (χ2v) is 7.23. The van der Waals surface area contributed by atoms with Crippen molar-refractivity contribution in [3.63, 3.8) is 0 Å². The third-order valence-electron chi connectivity index (χ3n) is 4.77. The minimum absolute atomic E-state index is 0.0744. The molecule has 0 aliphatic heterocycles. The maximum absolute atomic E-state index is 12.1. The molecule has 5 nitrogen and oxygen atoms in total. The van der Waals surface area contributed by atoms with E-state index in [1.807, 2.05) is 44.2 Å². The molecule has 0 spiro atoms. The van der Waals surface area contributed by atoms with E-state index >= 15 is 0 Å². The first-order valence-electron chi connectivity index (χ1n) is 9.28. The minimum atomic E-state index is -0.601. The molecule has 0 saturated heterocycles. The van der Waals surface area contributed by atoms with Crippen molar-refractivity contribution >= 4 is 11.8 Å². The smallest absolute Gasteiger partial charge is 0.223 e. The van der Waals surface area contributed by atoms with Crippen LogP contribution in [-0.4, -0.2) is 29.0 Å². The topological polar surface area (TPSA) is 78.4 Å². The van der Waals surface area contributed by atoms with E-state index in [2.05, 4.69) is 10.6 Å². The molecule has 5 heteroatoms. The van der Waals surface area contributed by atoms with Gasteiger partial charge in [-0.1, -0.05) is 43.2 Å². The summed E-state index contributed by atoms with van der Waals surface area (Å²) >= 11 is 0. The van der Waals surface area contributed by atoms with Crippen molar-refractivity contribution in [1.29, 1.82) is 0 Å². The first-order valence-corrected chi connectivity index (χ1v) is 9.28. The van der Waals surface area contributed by atoms with Crippen LogP contribution in [0.25, 0.3) is 0 Å². The zero-order valence-electron chi connectivity index (χ0n) is 15.2. The standard InChI is InChI=1S/C20H30N2O3/c1-14(12-18(23)16-8-4-3-5-9-16)21-19(24)13-15(2)22-20(25)17-10-6-7-11-17/h3-5,8-9,14-15,17-18,23H,6-7,10-13H2,1-2H3,(H,21,24)(H,22,25). The van der Waals surface area contributed by atoms with E-state index in [0.717, 1.165) is 31.2 Å². The number of aliphatic hydroxyl groups is 1. The van der Waals surface area contributed by atoms with Crippen molar-refractivity contribution < 1.29 is 14.7 Å². The van der Waals surface area contributed by atoms with Crippen LogP contribution in [0.2, 0.25) is 0 Å². The third kappa shape index (κ3) is 6.50. The number of aliphatic hydroxyl groups excluding tert-OH is 1. The average Bonchev–Trinajstić information content (AvgIpc) is 3.09. The highest BCUT2D eigenvalue weighted by Crippen LogP contribution is 2.24. The van der Waals surface area contributed by atoms with Gasteiger partial charge in [-0.15, -0.1) is 0 Å². The number of nitrogens with one attached hydrogen (secondary N) is 2. The number of carbonyl (C=O) groups is 2. The van der Waals surface area contributed by atoms with E-state index in [-0.39, 0.29) is 36.2 Å². The lowest BCUT2D eigenvalue weighted by Crippen LogP contribution is -2.41. The second-order valence-electron chi connectivity index (χ2n) is 7.23. The Labute approximate surface area is 150 Å². The van der Waals surface area contributed by atoms with Crippen LogP contribution in [0, 0.1) is 5.92 Å². The molecule has 1 aromatic carbocycles. The SMILES string of the molecule is CC(CC(O)c1ccccc1)NC(=O)CC(C)NC(=O)C1CCCC1. The molecule has 3 N–H and O–H groups in total. The van der Waals surface area contributed by atoms with Gasteiger partial charge in [0.1, 0.15) is 0 Å². The van der Waals surface area contributed by atoms with Crippen molar-refractivity contribution in [1.82, 2.24) is 10.6 Å². The lowest BCUT2D eigenvalue weighted by atomic mass is 10.0. The van der Waals surface area contributed by atoms with Gasteiger partial charge in [0, 0.05) is 24.4 Å². The highest BCUT2D eigenvalue weighted by atomic mass is 16.3. The Hall–Kier alpha value is -1.88. The van der Waals surface area contributed by atoms with Gasteiger partial charge in [-0.25, -0.2) is 0 Å². The lowest BCUT2D eigenvalue weighted by Gasteiger charge is -2.20. The summed E-state index contributed by atoms with van der Waals surface area (Å²) in [5.41, 5.74) is 0.848. The summed E-state index contributed by atoms with van der Waals surface area (Å²) in [6, 6.07) is 9.11. The van der Waals surface area contributed by atoms with Crippen molar-refractivity contribution in [2.75, 3.05) is 0 Å². The number of hydrogen-bond donors (Lipinski definition) is 3. The quantitative estimate of drug-likeness (QED) is 0.677. The molecule has 3 unspecified atom stereocenters. The molecule has 2 rings (SSSR count). The Morgan fingerprint density at radius 1 is 1.08 bits per heavy atom. The first kappa shape index (κ1) is 19.4. The van der Waals surface area contributed by atoms with Gasteiger partial charge >= 0.3 is 0 Å². The predicted molar refractivity (Wildman–Crippen MR) is 97.8 cm³/mol. The van der Waals surface area contributed by atoms with Gasteiger partial charge in [-0.05, 0) is 38.7 Å². The van der Waals surface area contributed by atoms with Gasteiger partial charge in [-0.2, -0.15) is 0 Å². The predicted octanol–water partition coefficient (Wildman–Crippen LogP) is 2.70. The molecule has 25 heavy (non-hydrogen) atoms. The largest absolute Gasteiger partial charge is 0.388 e. The van der Waals surface area contributed by atoms with Crippen LogP contribution in [0.1, 0.15) is 64.0 Å². The number of rotatable bonds is 8. The summed E-state index contributed by atoms with van der Waals surface area (Å²) in [6.07, 6.45) is 4.26. The van der Waals surface area contributed by atoms with Gasteiger partial charge in [0.05, 0.1) is 6.10 Å². The van der Waals surface area contributed by atoms with E-state index < -0.39 is 6.10 Å². The van der Waals surface area contributed by atoms with Crippen LogP contribution in [0.5, 0.6) is 0 Å². The van der Waals surface area contributed by atoms with E-state index in [0.29, 0.717) is 6.42 Å². The van der Waals surface area contributed by atoms with Crippen LogP contribution in [0.3, 0.4) is 0 Å². The molecule has 138 valence electrons. The van der Waals surface area contributed by atoms with Crippen molar-refractivity contribution in [3.8, 4) is 0 Å². The molecular formula is C20H30N2O3. The molecule has 1 saturated carbocycles. The Morgan fingerprint density at radius 3 is 2.36 bits per heavy atom. The summed E-state index contributed by atoms with van der Waals surface area (Å²) in [5, 5.41) is 16.1. The van der Waals surface area contributed by atoms with Crippen LogP contribution in [0.15, 0.2) is 30.3 Å². The monoisotopic (exact) mass is 346 g/mol. The Morgan fingerprint density at radius 2 is 1.72 bits per heavy atom. The van der Waals surface area contributed by atoms with Crippen LogP contribution < -0.4 is 10.6 Å². The molecule has 3 atom stereocenters. The minimum Gasteiger partial charge on any atom is -0.388 e. The fraction of sp³-hybridized carbons (Fsp3) is 0.600. The number of benzene rings is 1. The molecule has 1 aliphatic rings. The molecule has 0 heterocycles. The van der Waals surface area contributed by atoms with Crippen molar-refractivity contribution in [2.24, 2.45) is 5.92 Å². The van der Waals surface area contributed by atoms with Gasteiger partial charge in [-0.3, -0.25) is 9.59 Å². The molecule has 2 amide bonds. The van der Waals surface area contributed by atoms with E-state index in [4.69, 9.17) is 0 Å². The summed E-state index contributed by atoms with van der Waals surface area (Å²) in [4.78, 5) is 24.2. The number of amides is 2. The first-order chi connectivity index (χ1) is 12.0. The molecule has 0 radical (unpaired) electrons. The molecule has 1 fully saturated rings. The van der Waals surface area contributed by atoms with Crippen LogP contribution >= 0.6 is 0 Å². The van der Waals surface area contributed by atoms with E-state index in [1.54, 1.807) is 0 Å². The summed E-state index contributed by atoms with van der Waals surface area (Å²) in [5.74, 6) is 0.0859. The van der Waals surface area contributed by atoms with E-state index in [9.17, 15) is 14.7 Å². The summed E-state index contributed by atoms with van der Waals surface area (Å²) in [6.45, 7) is 3.74. The average molecular weight is 346 g/mol. The maximum atomic E-state index is 12.1. The van der Waals surface area contributed by atoms with Crippen molar-refractivity contribution in [2.45, 2.75) is 70.6 Å². The van der Waals surface area contributed by atoms with Gasteiger partial charge in [0.15, 0.2) is 0 Å². The normalized spacial score (nSPS) is 18.4. The number of hydrogen-bond acceptors (Lipinski definition) is 3. The lowest BCUT2D eigenvalue weighted by molar-refractivity contribution is -0.126. The fourth-order valence-corrected chi connectivity index (χ4v) is 3.42. The highest BCUT2D eigenvalue weighted by Gasteiger charge is 2.24. The fourth-order valence-electron chi connectivity index (χ4n) is 3.42. The summed E-state index contributed by atoms with van der Waals surface area (Å²) in [7, 11) is 0. The van der Waals surface area contributed by atoms with Gasteiger partial charge < -0.3 is 15.7 Å². The highest BCUT2D eigenvalue weighted by molar-refractivity contribution is 5.81. The van der Waals surface area contributed by atoms with E-state index in [1.165, 1.54) is 0 Å². The zero-order chi connectivity index (χ0) is 18.2. The Bertz CT molecular complexity index is 555. The van der Waals surface area contributed by atoms with Gasteiger partial charge in [0.2, 0.25) is 11.8 Å². The van der Waals surface area contributed by atoms with Crippen LogP contribution in [-0.2, 0) is 9.59 Å². The maximum Gasteiger partial charge on any atom is 0.223 e. The Balaban J connectivity index is 1.70.